The number of alkyl halides is 6. The number of carbonyl (C=O) groups excluding carboxylic acids is 1. The van der Waals surface area contributed by atoms with Crippen LogP contribution in [0.15, 0.2) is 35.3 Å². The molecule has 2 rings (SSSR count). The zero-order chi connectivity index (χ0) is 20.9. The van der Waals surface area contributed by atoms with Crippen molar-refractivity contribution < 1.29 is 31.1 Å². The van der Waals surface area contributed by atoms with E-state index in [1.165, 1.54) is 6.07 Å². The van der Waals surface area contributed by atoms with E-state index in [0.717, 1.165) is 24.3 Å². The fourth-order valence-electron chi connectivity index (χ4n) is 2.00. The molecule has 0 unspecified atom stereocenters. The van der Waals surface area contributed by atoms with Crippen LogP contribution in [0.2, 0.25) is 0 Å². The van der Waals surface area contributed by atoms with E-state index in [1.54, 1.807) is 6.92 Å². The van der Waals surface area contributed by atoms with Gasteiger partial charge in [-0.1, -0.05) is 0 Å². The number of guanidine groups is 1. The van der Waals surface area contributed by atoms with Crippen molar-refractivity contribution in [3.8, 4) is 0 Å². The van der Waals surface area contributed by atoms with Gasteiger partial charge in [0.05, 0.1) is 18.5 Å². The van der Waals surface area contributed by atoms with Crippen LogP contribution < -0.4 is 10.6 Å². The first-order valence-electron chi connectivity index (χ1n) is 7.83. The van der Waals surface area contributed by atoms with Gasteiger partial charge in [-0.25, -0.2) is 0 Å². The van der Waals surface area contributed by atoms with Gasteiger partial charge in [-0.3, -0.25) is 20.2 Å². The molecule has 1 aromatic carbocycles. The summed E-state index contributed by atoms with van der Waals surface area (Å²) >= 11 is 0. The summed E-state index contributed by atoms with van der Waals surface area (Å²) in [6.45, 7) is 1.02. The van der Waals surface area contributed by atoms with E-state index in [0.29, 0.717) is 5.69 Å². The second kappa shape index (κ2) is 8.31. The summed E-state index contributed by atoms with van der Waals surface area (Å²) in [6, 6.07) is 4.86. The molecule has 0 aliphatic heterocycles. The van der Waals surface area contributed by atoms with E-state index in [9.17, 15) is 31.1 Å². The third-order valence-corrected chi connectivity index (χ3v) is 3.32. The number of benzene rings is 1. The molecule has 0 saturated carbocycles. The van der Waals surface area contributed by atoms with Crippen LogP contribution >= 0.6 is 0 Å². The Morgan fingerprint density at radius 3 is 2.29 bits per heavy atom. The Hall–Kier alpha value is -3.05. The number of anilines is 1. The first kappa shape index (κ1) is 21.3. The van der Waals surface area contributed by atoms with Gasteiger partial charge < -0.3 is 5.32 Å². The summed E-state index contributed by atoms with van der Waals surface area (Å²) in [7, 11) is 0. The average Bonchev–Trinajstić information content (AvgIpc) is 2.97. The largest absolute Gasteiger partial charge is 0.416 e. The van der Waals surface area contributed by atoms with Crippen LogP contribution in [0.5, 0.6) is 0 Å². The predicted molar refractivity (Wildman–Crippen MR) is 88.8 cm³/mol. The molecule has 0 bridgehead atoms. The number of rotatable bonds is 4. The maximum atomic E-state index is 12.6. The molecule has 28 heavy (non-hydrogen) atoms. The maximum Gasteiger partial charge on any atom is 0.416 e. The number of nitrogens with zero attached hydrogens (tertiary/aromatic N) is 2. The van der Waals surface area contributed by atoms with Gasteiger partial charge in [0, 0.05) is 17.3 Å². The number of H-pyrrole nitrogens is 1. The number of hydrogen-bond acceptors (Lipinski definition) is 3. The summed E-state index contributed by atoms with van der Waals surface area (Å²) in [5, 5.41) is 11.2. The van der Waals surface area contributed by atoms with E-state index in [4.69, 9.17) is 0 Å². The minimum absolute atomic E-state index is 0.128. The summed E-state index contributed by atoms with van der Waals surface area (Å²) in [4.78, 5) is 15.9. The van der Waals surface area contributed by atoms with E-state index in [-0.39, 0.29) is 17.3 Å². The smallest absolute Gasteiger partial charge is 0.309 e. The van der Waals surface area contributed by atoms with Gasteiger partial charge in [-0.2, -0.15) is 31.4 Å². The minimum Gasteiger partial charge on any atom is -0.309 e. The van der Waals surface area contributed by atoms with Crippen molar-refractivity contribution in [2.75, 3.05) is 11.9 Å². The molecule has 0 fully saturated rings. The van der Waals surface area contributed by atoms with Crippen LogP contribution in [0.3, 0.4) is 0 Å². The number of aromatic amines is 1. The Labute approximate surface area is 155 Å². The van der Waals surface area contributed by atoms with Crippen molar-refractivity contribution in [2.24, 2.45) is 4.99 Å². The Bertz CT molecular complexity index is 838. The molecule has 0 aliphatic carbocycles. The highest BCUT2D eigenvalue weighted by Crippen LogP contribution is 2.29. The molecule has 1 heterocycles. The van der Waals surface area contributed by atoms with Gasteiger partial charge in [0.15, 0.2) is 5.82 Å². The Morgan fingerprint density at radius 1 is 1.14 bits per heavy atom. The van der Waals surface area contributed by atoms with E-state index in [2.05, 4.69) is 25.8 Å². The molecule has 152 valence electrons. The highest BCUT2D eigenvalue weighted by molar-refractivity contribution is 6.09. The molecule has 0 atom stereocenters. The van der Waals surface area contributed by atoms with Crippen LogP contribution in [0.25, 0.3) is 0 Å². The van der Waals surface area contributed by atoms with Gasteiger partial charge in [0.25, 0.3) is 5.91 Å². The summed E-state index contributed by atoms with van der Waals surface area (Å²) in [5.41, 5.74) is -0.420. The number of amides is 1. The van der Waals surface area contributed by atoms with Crippen LogP contribution in [0.4, 0.5) is 32.2 Å². The fraction of sp³-hybridized carbons (Fsp3) is 0.312. The first-order valence-corrected chi connectivity index (χ1v) is 7.83. The van der Waals surface area contributed by atoms with E-state index in [1.807, 2.05) is 0 Å². The number of aryl methyl sites for hydroxylation is 1. The van der Waals surface area contributed by atoms with Crippen molar-refractivity contribution >= 4 is 17.7 Å². The highest BCUT2D eigenvalue weighted by atomic mass is 19.4. The fourth-order valence-corrected chi connectivity index (χ4v) is 2.00. The first-order chi connectivity index (χ1) is 12.9. The lowest BCUT2D eigenvalue weighted by molar-refractivity contribution is -0.137. The molecule has 6 nitrogen and oxygen atoms in total. The van der Waals surface area contributed by atoms with Crippen LogP contribution in [0, 0.1) is 6.92 Å². The molecule has 12 heteroatoms. The van der Waals surface area contributed by atoms with Crippen molar-refractivity contribution in [1.29, 1.82) is 0 Å². The molecular formula is C16H15F6N5O. The summed E-state index contributed by atoms with van der Waals surface area (Å²) in [5.74, 6) is -0.976. The topological polar surface area (TPSA) is 82.2 Å². The molecule has 0 aliphatic rings. The van der Waals surface area contributed by atoms with Gasteiger partial charge in [-0.05, 0) is 31.2 Å². The number of carbonyl (C=O) groups is 1. The normalized spacial score (nSPS) is 12.8. The lowest BCUT2D eigenvalue weighted by atomic mass is 10.1. The SMILES string of the molecule is Cc1cc(NC(=NCCC(F)(F)F)NC(=O)c2ccc(C(F)(F)F)cc2)n[nH]1. The molecular weight excluding hydrogens is 392 g/mol. The standard InChI is InChI=1S/C16H15F6N5O/c1-9-8-12(27-26-9)24-14(23-7-6-15(17,18)19)25-13(28)10-2-4-11(5-3-10)16(20,21)22/h2-5,8H,6-7H2,1H3,(H3,23,24,25,26,27,28). The van der Waals surface area contributed by atoms with Gasteiger partial charge >= 0.3 is 12.4 Å². The van der Waals surface area contributed by atoms with E-state index < -0.39 is 36.8 Å². The Morgan fingerprint density at radius 2 is 1.79 bits per heavy atom. The molecule has 0 saturated heterocycles. The number of halogens is 6. The number of hydrogen-bond donors (Lipinski definition) is 3. The van der Waals surface area contributed by atoms with Crippen molar-refractivity contribution in [2.45, 2.75) is 25.7 Å². The molecule has 1 amide bonds. The minimum atomic E-state index is -4.56. The summed E-state index contributed by atoms with van der Waals surface area (Å²) < 4.78 is 74.7. The second-order valence-corrected chi connectivity index (χ2v) is 5.69. The van der Waals surface area contributed by atoms with Crippen molar-refractivity contribution in [3.63, 3.8) is 0 Å². The third kappa shape index (κ3) is 6.59. The molecule has 1 aromatic heterocycles. The zero-order valence-corrected chi connectivity index (χ0v) is 14.4. The van der Waals surface area contributed by atoms with Gasteiger partial charge in [0.1, 0.15) is 0 Å². The van der Waals surface area contributed by atoms with Crippen LogP contribution in [-0.4, -0.2) is 34.8 Å². The molecule has 3 N–H and O–H groups in total. The lowest BCUT2D eigenvalue weighted by Gasteiger charge is -2.11. The Balaban J connectivity index is 2.13. The van der Waals surface area contributed by atoms with Crippen molar-refractivity contribution in [3.05, 3.63) is 47.2 Å². The maximum absolute atomic E-state index is 12.6. The number of nitrogens with one attached hydrogen (secondary N) is 3. The lowest BCUT2D eigenvalue weighted by Crippen LogP contribution is -2.36. The number of aromatic nitrogens is 2. The van der Waals surface area contributed by atoms with Crippen LogP contribution in [-0.2, 0) is 6.18 Å². The third-order valence-electron chi connectivity index (χ3n) is 3.32. The van der Waals surface area contributed by atoms with Gasteiger partial charge in [0.2, 0.25) is 5.96 Å². The molecule has 0 spiro atoms. The second-order valence-electron chi connectivity index (χ2n) is 5.69. The average molecular weight is 407 g/mol. The molecule has 0 radical (unpaired) electrons. The molecule has 2 aromatic rings. The monoisotopic (exact) mass is 407 g/mol. The van der Waals surface area contributed by atoms with Crippen LogP contribution in [0.1, 0.15) is 28.0 Å². The van der Waals surface area contributed by atoms with E-state index >= 15 is 0 Å². The zero-order valence-electron chi connectivity index (χ0n) is 14.4. The highest BCUT2D eigenvalue weighted by Gasteiger charge is 2.30. The summed E-state index contributed by atoms with van der Waals surface area (Å²) in [6.07, 6.45) is -10.2. The van der Waals surface area contributed by atoms with Crippen molar-refractivity contribution in [1.82, 2.24) is 15.5 Å². The van der Waals surface area contributed by atoms with Gasteiger partial charge in [-0.15, -0.1) is 0 Å². The quantitative estimate of drug-likeness (QED) is 0.409. The Kier molecular flexibility index (Phi) is 6.31. The number of aliphatic imine (C=N–C) groups is 1. The predicted octanol–water partition coefficient (Wildman–Crippen LogP) is 3.89.